The lowest BCUT2D eigenvalue weighted by molar-refractivity contribution is 0.385. The zero-order valence-corrected chi connectivity index (χ0v) is 11.2. The molecule has 100 valence electrons. The van der Waals surface area contributed by atoms with E-state index in [0.717, 1.165) is 22.4 Å². The van der Waals surface area contributed by atoms with Gasteiger partial charge in [-0.1, -0.05) is 35.5 Å². The van der Waals surface area contributed by atoms with Gasteiger partial charge < -0.3 is 10.3 Å². The molecule has 0 saturated carbocycles. The van der Waals surface area contributed by atoms with Crippen LogP contribution in [0, 0.1) is 6.92 Å². The minimum absolute atomic E-state index is 0.596. The summed E-state index contributed by atoms with van der Waals surface area (Å²) in [6.07, 6.45) is 0.641. The summed E-state index contributed by atoms with van der Waals surface area (Å²) in [6.45, 7) is 1.96. The molecule has 0 aliphatic carbocycles. The van der Waals surface area contributed by atoms with E-state index in [1.807, 2.05) is 55.5 Å². The Balaban J connectivity index is 1.84. The highest BCUT2D eigenvalue weighted by Crippen LogP contribution is 2.21. The summed E-state index contributed by atoms with van der Waals surface area (Å²) >= 11 is 0. The average Bonchev–Trinajstić information content (AvgIpc) is 2.91. The van der Waals surface area contributed by atoms with Crippen LogP contribution >= 0.6 is 0 Å². The summed E-state index contributed by atoms with van der Waals surface area (Å²) in [5, 5.41) is 4.03. The first-order chi connectivity index (χ1) is 9.72. The molecule has 0 bridgehead atoms. The van der Waals surface area contributed by atoms with E-state index in [9.17, 15) is 0 Å². The van der Waals surface area contributed by atoms with Gasteiger partial charge in [0.1, 0.15) is 0 Å². The van der Waals surface area contributed by atoms with Gasteiger partial charge in [0, 0.05) is 11.3 Å². The summed E-state index contributed by atoms with van der Waals surface area (Å²) in [6, 6.07) is 15.8. The number of nitrogens with two attached hydrogens (primary N) is 1. The number of nitrogen functional groups attached to an aromatic ring is 1. The zero-order chi connectivity index (χ0) is 13.9. The Bertz CT molecular complexity index is 720. The Hall–Kier alpha value is -2.62. The van der Waals surface area contributed by atoms with Crippen LogP contribution in [0.3, 0.4) is 0 Å². The van der Waals surface area contributed by atoms with Crippen LogP contribution in [-0.4, -0.2) is 10.1 Å². The predicted molar refractivity (Wildman–Crippen MR) is 78.1 cm³/mol. The molecule has 2 N–H and O–H groups in total. The average molecular weight is 265 g/mol. The first kappa shape index (κ1) is 12.4. The fraction of sp³-hybridized carbons (Fsp3) is 0.125. The van der Waals surface area contributed by atoms with Gasteiger partial charge in [0.05, 0.1) is 6.42 Å². The molecule has 0 aliphatic rings. The van der Waals surface area contributed by atoms with E-state index < -0.39 is 0 Å². The van der Waals surface area contributed by atoms with Crippen LogP contribution in [0.25, 0.3) is 11.4 Å². The molecular formula is C16H15N3O. The van der Waals surface area contributed by atoms with Crippen molar-refractivity contribution in [2.75, 3.05) is 5.73 Å². The summed E-state index contributed by atoms with van der Waals surface area (Å²) in [5.41, 5.74) is 9.65. The lowest BCUT2D eigenvalue weighted by Gasteiger charge is -2.00. The zero-order valence-electron chi connectivity index (χ0n) is 11.2. The third kappa shape index (κ3) is 2.54. The van der Waals surface area contributed by atoms with E-state index in [1.54, 1.807) is 0 Å². The van der Waals surface area contributed by atoms with Gasteiger partial charge >= 0.3 is 0 Å². The van der Waals surface area contributed by atoms with Gasteiger partial charge in [-0.3, -0.25) is 0 Å². The first-order valence-electron chi connectivity index (χ1n) is 6.45. The van der Waals surface area contributed by atoms with Gasteiger partial charge in [-0.05, 0) is 36.2 Å². The van der Waals surface area contributed by atoms with Crippen molar-refractivity contribution in [2.45, 2.75) is 13.3 Å². The Morgan fingerprint density at radius 2 is 1.90 bits per heavy atom. The van der Waals surface area contributed by atoms with E-state index in [-0.39, 0.29) is 0 Å². The molecule has 20 heavy (non-hydrogen) atoms. The number of aromatic nitrogens is 2. The predicted octanol–water partition coefficient (Wildman–Crippen LogP) is 3.22. The number of benzene rings is 2. The number of rotatable bonds is 3. The van der Waals surface area contributed by atoms with Crippen LogP contribution in [0.2, 0.25) is 0 Å². The highest BCUT2D eigenvalue weighted by molar-refractivity contribution is 5.61. The Morgan fingerprint density at radius 1 is 1.10 bits per heavy atom. The fourth-order valence-electron chi connectivity index (χ4n) is 2.03. The first-order valence-corrected chi connectivity index (χ1v) is 6.45. The molecule has 0 radical (unpaired) electrons. The molecule has 0 aliphatic heterocycles. The summed E-state index contributed by atoms with van der Waals surface area (Å²) in [5.74, 6) is 1.21. The van der Waals surface area contributed by atoms with Crippen molar-refractivity contribution in [3.8, 4) is 11.4 Å². The quantitative estimate of drug-likeness (QED) is 0.738. The van der Waals surface area contributed by atoms with Crippen molar-refractivity contribution in [3.05, 3.63) is 65.5 Å². The summed E-state index contributed by atoms with van der Waals surface area (Å²) in [7, 11) is 0. The van der Waals surface area contributed by atoms with Crippen LogP contribution in [0.15, 0.2) is 53.1 Å². The van der Waals surface area contributed by atoms with Crippen LogP contribution in [0.4, 0.5) is 5.69 Å². The fourth-order valence-corrected chi connectivity index (χ4v) is 2.03. The van der Waals surface area contributed by atoms with Gasteiger partial charge in [-0.25, -0.2) is 0 Å². The van der Waals surface area contributed by atoms with Crippen molar-refractivity contribution < 1.29 is 4.52 Å². The lowest BCUT2D eigenvalue weighted by Crippen LogP contribution is -1.91. The van der Waals surface area contributed by atoms with Crippen molar-refractivity contribution in [1.29, 1.82) is 0 Å². The standard InChI is InChI=1S/C16H15N3O/c1-11-9-13(7-8-14(11)17)16-18-15(20-19-16)10-12-5-3-2-4-6-12/h2-9H,10,17H2,1H3. The van der Waals surface area contributed by atoms with Gasteiger partial charge in [0.25, 0.3) is 0 Å². The molecule has 1 heterocycles. The minimum atomic E-state index is 0.596. The smallest absolute Gasteiger partial charge is 0.231 e. The second-order valence-electron chi connectivity index (χ2n) is 4.75. The summed E-state index contributed by atoms with van der Waals surface area (Å²) < 4.78 is 5.30. The molecule has 3 aromatic rings. The largest absolute Gasteiger partial charge is 0.399 e. The van der Waals surface area contributed by atoms with Crippen LogP contribution in [-0.2, 0) is 6.42 Å². The highest BCUT2D eigenvalue weighted by atomic mass is 16.5. The van der Waals surface area contributed by atoms with Crippen LogP contribution in [0.5, 0.6) is 0 Å². The molecular weight excluding hydrogens is 250 g/mol. The molecule has 0 fully saturated rings. The van der Waals surface area contributed by atoms with Gasteiger partial charge in [0.15, 0.2) is 0 Å². The summed E-state index contributed by atoms with van der Waals surface area (Å²) in [4.78, 5) is 4.43. The molecule has 0 amide bonds. The van der Waals surface area contributed by atoms with E-state index in [0.29, 0.717) is 18.1 Å². The Morgan fingerprint density at radius 3 is 2.65 bits per heavy atom. The van der Waals surface area contributed by atoms with Crippen molar-refractivity contribution in [3.63, 3.8) is 0 Å². The third-order valence-corrected chi connectivity index (χ3v) is 3.19. The maximum Gasteiger partial charge on any atom is 0.231 e. The normalized spacial score (nSPS) is 10.7. The SMILES string of the molecule is Cc1cc(-c2noc(Cc3ccccc3)n2)ccc1N. The molecule has 0 saturated heterocycles. The lowest BCUT2D eigenvalue weighted by atomic mass is 10.1. The molecule has 0 unspecified atom stereocenters. The van der Waals surface area contributed by atoms with Crippen LogP contribution in [0.1, 0.15) is 17.0 Å². The third-order valence-electron chi connectivity index (χ3n) is 3.19. The van der Waals surface area contributed by atoms with Gasteiger partial charge in [-0.2, -0.15) is 4.98 Å². The number of anilines is 1. The van der Waals surface area contributed by atoms with Gasteiger partial charge in [0.2, 0.25) is 11.7 Å². The Labute approximate surface area is 117 Å². The minimum Gasteiger partial charge on any atom is -0.399 e. The second kappa shape index (κ2) is 5.17. The Kier molecular flexibility index (Phi) is 3.21. The maximum absolute atomic E-state index is 5.81. The van der Waals surface area contributed by atoms with E-state index in [2.05, 4.69) is 10.1 Å². The van der Waals surface area contributed by atoms with E-state index in [4.69, 9.17) is 10.3 Å². The number of hydrogen-bond acceptors (Lipinski definition) is 4. The molecule has 1 aromatic heterocycles. The van der Waals surface area contributed by atoms with E-state index >= 15 is 0 Å². The number of hydrogen-bond donors (Lipinski definition) is 1. The van der Waals surface area contributed by atoms with Crippen molar-refractivity contribution in [1.82, 2.24) is 10.1 Å². The molecule has 0 spiro atoms. The van der Waals surface area contributed by atoms with Crippen LogP contribution < -0.4 is 5.73 Å². The van der Waals surface area contributed by atoms with Crippen molar-refractivity contribution >= 4 is 5.69 Å². The monoisotopic (exact) mass is 265 g/mol. The molecule has 3 rings (SSSR count). The number of nitrogens with zero attached hydrogens (tertiary/aromatic N) is 2. The van der Waals surface area contributed by atoms with E-state index in [1.165, 1.54) is 0 Å². The molecule has 4 nitrogen and oxygen atoms in total. The molecule has 0 atom stereocenters. The number of aryl methyl sites for hydroxylation is 1. The molecule has 2 aromatic carbocycles. The van der Waals surface area contributed by atoms with Crippen molar-refractivity contribution in [2.24, 2.45) is 0 Å². The van der Waals surface area contributed by atoms with Gasteiger partial charge in [-0.15, -0.1) is 0 Å². The molecule has 4 heteroatoms. The maximum atomic E-state index is 5.81. The highest BCUT2D eigenvalue weighted by Gasteiger charge is 2.09. The topological polar surface area (TPSA) is 64.9 Å². The second-order valence-corrected chi connectivity index (χ2v) is 4.75.